The van der Waals surface area contributed by atoms with Crippen LogP contribution in [0.2, 0.25) is 0 Å². The van der Waals surface area contributed by atoms with E-state index in [9.17, 15) is 19.2 Å². The molecule has 0 bridgehead atoms. The van der Waals surface area contributed by atoms with Gasteiger partial charge in [-0.05, 0) is 88.3 Å². The molecule has 1 aliphatic rings. The zero-order valence-corrected chi connectivity index (χ0v) is 22.8. The highest BCUT2D eigenvalue weighted by Crippen LogP contribution is 2.31. The van der Waals surface area contributed by atoms with E-state index in [1.165, 1.54) is 12.2 Å². The van der Waals surface area contributed by atoms with Gasteiger partial charge in [0.25, 0.3) is 11.8 Å². The Balaban J connectivity index is 1.19. The Hall–Kier alpha value is -4.95. The van der Waals surface area contributed by atoms with E-state index in [0.29, 0.717) is 24.3 Å². The van der Waals surface area contributed by atoms with Crippen molar-refractivity contribution in [2.45, 2.75) is 11.3 Å². The largest absolute Gasteiger partial charge is 0.493 e. The summed E-state index contributed by atoms with van der Waals surface area (Å²) >= 11 is 1.12. The van der Waals surface area contributed by atoms with Gasteiger partial charge in [0, 0.05) is 35.1 Å². The predicted octanol–water partition coefficient (Wildman–Crippen LogP) is 6.37. The fourth-order valence-electron chi connectivity index (χ4n) is 4.26. The van der Waals surface area contributed by atoms with Gasteiger partial charge in [-0.25, -0.2) is 9.69 Å². The van der Waals surface area contributed by atoms with E-state index in [1.807, 2.05) is 54.6 Å². The third kappa shape index (κ3) is 6.62. The maximum absolute atomic E-state index is 12.9. The highest BCUT2D eigenvalue weighted by Gasteiger charge is 2.25. The van der Waals surface area contributed by atoms with Crippen LogP contribution >= 0.6 is 11.8 Å². The van der Waals surface area contributed by atoms with Crippen LogP contribution in [0.1, 0.15) is 16.8 Å². The number of amides is 2. The molecule has 0 saturated carbocycles. The Bertz CT molecular complexity index is 1660. The topological polar surface area (TPSA) is 90.0 Å². The standard InChI is InChI=1S/C33H25NO6S/c1-2-32(37)40-19-3-18-39-28-13-8-22(9-14-28)24-4-5-26-21-29(15-10-25(26)20-24)41-33(38)23-6-11-27(12-7-23)34-30(35)16-17-31(34)36/h2,4-17,20-21H,1,3,18-19H2. The second kappa shape index (κ2) is 12.5. The zero-order valence-electron chi connectivity index (χ0n) is 21.9. The van der Waals surface area contributed by atoms with E-state index in [1.54, 1.807) is 24.3 Å². The van der Waals surface area contributed by atoms with Gasteiger partial charge in [0.15, 0.2) is 0 Å². The number of benzene rings is 4. The van der Waals surface area contributed by atoms with Crippen molar-refractivity contribution in [1.82, 2.24) is 0 Å². The molecule has 0 spiro atoms. The minimum atomic E-state index is -0.439. The molecule has 5 rings (SSSR count). The molecule has 0 atom stereocenters. The SMILES string of the molecule is C=CC(=O)OCCCOc1ccc(-c2ccc3cc(SC(=O)c4ccc(N5C(=O)C=CC5=O)cc4)ccc3c2)cc1. The van der Waals surface area contributed by atoms with Gasteiger partial charge in [0.2, 0.25) is 5.12 Å². The smallest absolute Gasteiger partial charge is 0.330 e. The lowest BCUT2D eigenvalue weighted by atomic mass is 10.0. The van der Waals surface area contributed by atoms with Crippen molar-refractivity contribution in [3.05, 3.63) is 115 Å². The van der Waals surface area contributed by atoms with Gasteiger partial charge in [-0.2, -0.15) is 0 Å². The molecule has 0 saturated heterocycles. The molecule has 8 heteroatoms. The molecular formula is C33H25NO6S. The summed E-state index contributed by atoms with van der Waals surface area (Å²) < 4.78 is 10.7. The number of ether oxygens (including phenoxy) is 2. The second-order valence-corrected chi connectivity index (χ2v) is 10.1. The molecule has 0 aromatic heterocycles. The van der Waals surface area contributed by atoms with Gasteiger partial charge in [-0.15, -0.1) is 0 Å². The summed E-state index contributed by atoms with van der Waals surface area (Å²) in [6.45, 7) is 4.08. The summed E-state index contributed by atoms with van der Waals surface area (Å²) in [7, 11) is 0. The van der Waals surface area contributed by atoms with E-state index in [0.717, 1.165) is 55.3 Å². The van der Waals surface area contributed by atoms with Crippen molar-refractivity contribution >= 4 is 51.1 Å². The number of fused-ring (bicyclic) bond motifs is 1. The van der Waals surface area contributed by atoms with Gasteiger partial charge < -0.3 is 9.47 Å². The molecule has 1 aliphatic heterocycles. The Morgan fingerprint density at radius 3 is 2.15 bits per heavy atom. The van der Waals surface area contributed by atoms with E-state index in [4.69, 9.17) is 9.47 Å². The first-order valence-corrected chi connectivity index (χ1v) is 13.7. The Kier molecular flexibility index (Phi) is 8.41. The monoisotopic (exact) mass is 563 g/mol. The number of nitrogens with zero attached hydrogens (tertiary/aromatic N) is 1. The predicted molar refractivity (Wildman–Crippen MR) is 159 cm³/mol. The van der Waals surface area contributed by atoms with Crippen LogP contribution in [0.15, 0.2) is 115 Å². The van der Waals surface area contributed by atoms with Crippen LogP contribution < -0.4 is 9.64 Å². The van der Waals surface area contributed by atoms with Gasteiger partial charge >= 0.3 is 5.97 Å². The molecule has 1 heterocycles. The molecule has 0 fully saturated rings. The van der Waals surface area contributed by atoms with Crippen LogP contribution in [-0.4, -0.2) is 36.1 Å². The normalized spacial score (nSPS) is 12.5. The molecular weight excluding hydrogens is 538 g/mol. The number of esters is 1. The molecule has 2 amide bonds. The summed E-state index contributed by atoms with van der Waals surface area (Å²) in [5.74, 6) is -0.496. The zero-order chi connectivity index (χ0) is 28.8. The summed E-state index contributed by atoms with van der Waals surface area (Å²) in [5, 5.41) is 1.92. The van der Waals surface area contributed by atoms with Crippen molar-refractivity contribution in [1.29, 1.82) is 0 Å². The Labute approximate surface area is 241 Å². The van der Waals surface area contributed by atoms with Crippen LogP contribution in [-0.2, 0) is 19.1 Å². The van der Waals surface area contributed by atoms with E-state index in [-0.39, 0.29) is 11.7 Å². The highest BCUT2D eigenvalue weighted by atomic mass is 32.2. The second-order valence-electron chi connectivity index (χ2n) is 9.10. The highest BCUT2D eigenvalue weighted by molar-refractivity contribution is 8.14. The third-order valence-corrected chi connectivity index (χ3v) is 7.26. The number of carbonyl (C=O) groups excluding carboxylic acids is 4. The van der Waals surface area contributed by atoms with Gasteiger partial charge in [-0.1, -0.05) is 36.9 Å². The lowest BCUT2D eigenvalue weighted by Gasteiger charge is -2.13. The number of hydrogen-bond donors (Lipinski definition) is 0. The lowest BCUT2D eigenvalue weighted by molar-refractivity contribution is -0.138. The molecule has 7 nitrogen and oxygen atoms in total. The Morgan fingerprint density at radius 2 is 1.44 bits per heavy atom. The summed E-state index contributed by atoms with van der Waals surface area (Å²) in [5.41, 5.74) is 3.01. The first-order chi connectivity index (χ1) is 19.9. The average molecular weight is 564 g/mol. The minimum absolute atomic E-state index is 0.134. The van der Waals surface area contributed by atoms with Gasteiger partial charge in [-0.3, -0.25) is 14.4 Å². The van der Waals surface area contributed by atoms with E-state index < -0.39 is 17.8 Å². The summed E-state index contributed by atoms with van der Waals surface area (Å²) in [6.07, 6.45) is 4.18. The molecule has 0 radical (unpaired) electrons. The maximum Gasteiger partial charge on any atom is 0.330 e. The van der Waals surface area contributed by atoms with Crippen LogP contribution in [0.25, 0.3) is 21.9 Å². The molecule has 0 unspecified atom stereocenters. The van der Waals surface area contributed by atoms with Crippen molar-refractivity contribution in [2.75, 3.05) is 18.1 Å². The molecule has 204 valence electrons. The first kappa shape index (κ1) is 27.6. The first-order valence-electron chi connectivity index (χ1n) is 12.9. The Morgan fingerprint density at radius 1 is 0.780 bits per heavy atom. The van der Waals surface area contributed by atoms with Crippen molar-refractivity contribution < 1.29 is 28.7 Å². The number of imide groups is 1. The van der Waals surface area contributed by atoms with Crippen LogP contribution in [0.5, 0.6) is 5.75 Å². The average Bonchev–Trinajstić information content (AvgIpc) is 3.34. The van der Waals surface area contributed by atoms with Crippen molar-refractivity contribution in [2.24, 2.45) is 0 Å². The van der Waals surface area contributed by atoms with Gasteiger partial charge in [0.05, 0.1) is 18.9 Å². The van der Waals surface area contributed by atoms with E-state index in [2.05, 4.69) is 12.6 Å². The molecule has 4 aromatic carbocycles. The fraction of sp³-hybridized carbons (Fsp3) is 0.0909. The van der Waals surface area contributed by atoms with Crippen molar-refractivity contribution in [3.8, 4) is 16.9 Å². The lowest BCUT2D eigenvalue weighted by Crippen LogP contribution is -2.29. The van der Waals surface area contributed by atoms with Crippen molar-refractivity contribution in [3.63, 3.8) is 0 Å². The summed E-state index contributed by atoms with van der Waals surface area (Å²) in [6, 6.07) is 26.3. The number of carbonyl (C=O) groups is 4. The number of rotatable bonds is 10. The number of anilines is 1. The minimum Gasteiger partial charge on any atom is -0.493 e. The molecule has 41 heavy (non-hydrogen) atoms. The molecule has 0 N–H and O–H groups in total. The third-order valence-electron chi connectivity index (χ3n) is 6.35. The summed E-state index contributed by atoms with van der Waals surface area (Å²) in [4.78, 5) is 49.6. The van der Waals surface area contributed by atoms with Crippen LogP contribution in [0.4, 0.5) is 5.69 Å². The van der Waals surface area contributed by atoms with Gasteiger partial charge in [0.1, 0.15) is 5.75 Å². The molecule has 0 aliphatic carbocycles. The van der Waals surface area contributed by atoms with E-state index >= 15 is 0 Å². The maximum atomic E-state index is 12.9. The quantitative estimate of drug-likeness (QED) is 0.0728. The molecule has 4 aromatic rings. The number of thioether (sulfide) groups is 1. The fourth-order valence-corrected chi connectivity index (χ4v) is 5.05. The van der Waals surface area contributed by atoms with Crippen LogP contribution in [0, 0.1) is 0 Å². The number of hydrogen-bond acceptors (Lipinski definition) is 7. The van der Waals surface area contributed by atoms with Crippen LogP contribution in [0.3, 0.4) is 0 Å².